The lowest BCUT2D eigenvalue weighted by molar-refractivity contribution is 0.0574. The van der Waals surface area contributed by atoms with Crippen LogP contribution in [0.25, 0.3) is 10.2 Å². The molecule has 0 spiro atoms. The van der Waals surface area contributed by atoms with E-state index in [0.29, 0.717) is 0 Å². The maximum Gasteiger partial charge on any atom is 0.104 e. The molecular weight excluding hydrogens is 254 g/mol. The van der Waals surface area contributed by atoms with E-state index in [1.807, 2.05) is 5.51 Å². The van der Waals surface area contributed by atoms with Crippen molar-refractivity contribution in [1.29, 1.82) is 0 Å². The summed E-state index contributed by atoms with van der Waals surface area (Å²) in [6.45, 7) is 5.02. The smallest absolute Gasteiger partial charge is 0.104 e. The first-order valence-corrected chi connectivity index (χ1v) is 8.06. The number of hydrogen-bond donors (Lipinski definition) is 1. The highest BCUT2D eigenvalue weighted by Crippen LogP contribution is 2.33. The van der Waals surface area contributed by atoms with Gasteiger partial charge in [0.2, 0.25) is 0 Å². The number of aromatic nitrogens is 1. The molecule has 1 unspecified atom stereocenters. The maximum atomic E-state index is 4.48. The van der Waals surface area contributed by atoms with Crippen molar-refractivity contribution in [3.8, 4) is 0 Å². The van der Waals surface area contributed by atoms with Gasteiger partial charge in [0, 0.05) is 13.1 Å². The van der Waals surface area contributed by atoms with Gasteiger partial charge in [0.1, 0.15) is 5.52 Å². The number of thiazole rings is 1. The Balaban J connectivity index is 1.49. The molecule has 3 nitrogen and oxygen atoms in total. The Morgan fingerprint density at radius 2 is 2.21 bits per heavy atom. The fraction of sp³-hybridized carbons (Fsp3) is 0.533. The predicted octanol–water partition coefficient (Wildman–Crippen LogP) is 3.05. The van der Waals surface area contributed by atoms with Crippen LogP contribution in [0.5, 0.6) is 0 Å². The number of nitrogens with one attached hydrogen (secondary N) is 1. The van der Waals surface area contributed by atoms with Crippen LogP contribution in [0.3, 0.4) is 0 Å². The lowest BCUT2D eigenvalue weighted by atomic mass is 9.79. The summed E-state index contributed by atoms with van der Waals surface area (Å²) in [6.07, 6.45) is 2.79. The topological polar surface area (TPSA) is 28.2 Å². The predicted molar refractivity (Wildman–Crippen MR) is 80.8 cm³/mol. The number of piperidine rings is 3. The molecule has 0 radical (unpaired) electrons. The molecule has 19 heavy (non-hydrogen) atoms. The molecule has 3 fully saturated rings. The quantitative estimate of drug-likeness (QED) is 0.931. The van der Waals surface area contributed by atoms with E-state index in [-0.39, 0.29) is 0 Å². The highest BCUT2D eigenvalue weighted by Gasteiger charge is 2.33. The number of rotatable bonds is 3. The van der Waals surface area contributed by atoms with E-state index in [1.165, 1.54) is 42.9 Å². The highest BCUT2D eigenvalue weighted by atomic mass is 32.1. The zero-order chi connectivity index (χ0) is 12.7. The summed E-state index contributed by atoms with van der Waals surface area (Å²) in [4.78, 5) is 7.10. The fourth-order valence-corrected chi connectivity index (χ4v) is 4.29. The standard InChI is InChI=1S/C15H19N3S/c1-2-13(15-14(3-1)19-10-17-15)16-8-12-9-18-6-4-11(12)5-7-18/h1-3,10-12,16H,4-9H2. The maximum absolute atomic E-state index is 4.48. The Labute approximate surface area is 117 Å². The van der Waals surface area contributed by atoms with Crippen LogP contribution in [-0.4, -0.2) is 36.1 Å². The van der Waals surface area contributed by atoms with Crippen molar-refractivity contribution in [2.75, 3.05) is 31.5 Å². The second-order valence-corrected chi connectivity index (χ2v) is 6.67. The second kappa shape index (κ2) is 4.76. The van der Waals surface area contributed by atoms with Crippen LogP contribution in [-0.2, 0) is 0 Å². The van der Waals surface area contributed by atoms with E-state index in [0.717, 1.165) is 23.9 Å². The van der Waals surface area contributed by atoms with Crippen LogP contribution in [0, 0.1) is 11.8 Å². The monoisotopic (exact) mass is 273 g/mol. The molecule has 2 aromatic rings. The number of benzene rings is 1. The number of anilines is 1. The molecule has 5 rings (SSSR count). The van der Waals surface area contributed by atoms with Gasteiger partial charge in [-0.15, -0.1) is 11.3 Å². The van der Waals surface area contributed by atoms with Crippen molar-refractivity contribution in [2.24, 2.45) is 11.8 Å². The number of para-hydroxylation sites is 1. The van der Waals surface area contributed by atoms with Crippen molar-refractivity contribution in [3.63, 3.8) is 0 Å². The minimum absolute atomic E-state index is 0.816. The molecule has 4 heterocycles. The largest absolute Gasteiger partial charge is 0.383 e. The van der Waals surface area contributed by atoms with Crippen molar-refractivity contribution in [3.05, 3.63) is 23.7 Å². The minimum Gasteiger partial charge on any atom is -0.383 e. The van der Waals surface area contributed by atoms with E-state index in [1.54, 1.807) is 11.3 Å². The van der Waals surface area contributed by atoms with Crippen LogP contribution in [0.15, 0.2) is 23.7 Å². The zero-order valence-corrected chi connectivity index (χ0v) is 11.8. The summed E-state index contributed by atoms with van der Waals surface area (Å²) in [5.41, 5.74) is 4.27. The van der Waals surface area contributed by atoms with E-state index in [2.05, 4.69) is 33.4 Å². The molecule has 3 aliphatic heterocycles. The van der Waals surface area contributed by atoms with Gasteiger partial charge < -0.3 is 10.2 Å². The van der Waals surface area contributed by atoms with E-state index >= 15 is 0 Å². The first-order valence-electron chi connectivity index (χ1n) is 7.18. The number of hydrogen-bond acceptors (Lipinski definition) is 4. The minimum atomic E-state index is 0.816. The first kappa shape index (κ1) is 11.7. The first-order chi connectivity index (χ1) is 9.40. The second-order valence-electron chi connectivity index (χ2n) is 5.78. The Hall–Kier alpha value is -1.13. The molecular formula is C15H19N3S. The van der Waals surface area contributed by atoms with Crippen molar-refractivity contribution >= 4 is 27.2 Å². The summed E-state index contributed by atoms with van der Waals surface area (Å²) in [5, 5.41) is 3.65. The molecule has 100 valence electrons. The Bertz CT molecular complexity index is 572. The van der Waals surface area contributed by atoms with Crippen LogP contribution in [0.4, 0.5) is 5.69 Å². The lowest BCUT2D eigenvalue weighted by Gasteiger charge is -2.45. The van der Waals surface area contributed by atoms with Gasteiger partial charge in [-0.3, -0.25) is 0 Å². The van der Waals surface area contributed by atoms with Crippen LogP contribution in [0.1, 0.15) is 12.8 Å². The van der Waals surface area contributed by atoms with E-state index in [4.69, 9.17) is 0 Å². The molecule has 0 saturated carbocycles. The molecule has 4 heteroatoms. The van der Waals surface area contributed by atoms with Gasteiger partial charge in [-0.1, -0.05) is 6.07 Å². The SMILES string of the molecule is c1cc(NCC2CN3CCC2CC3)c2ncsc2c1. The molecule has 1 N–H and O–H groups in total. The van der Waals surface area contributed by atoms with Gasteiger partial charge in [0.25, 0.3) is 0 Å². The molecule has 3 saturated heterocycles. The summed E-state index contributed by atoms with van der Waals surface area (Å²) in [6, 6.07) is 6.43. The van der Waals surface area contributed by atoms with Gasteiger partial charge in [0.15, 0.2) is 0 Å². The van der Waals surface area contributed by atoms with Crippen molar-refractivity contribution in [1.82, 2.24) is 9.88 Å². The summed E-state index contributed by atoms with van der Waals surface area (Å²) in [7, 11) is 0. The number of nitrogens with zero attached hydrogens (tertiary/aromatic N) is 2. The van der Waals surface area contributed by atoms with E-state index in [9.17, 15) is 0 Å². The van der Waals surface area contributed by atoms with Crippen molar-refractivity contribution < 1.29 is 0 Å². The normalized spacial score (nSPS) is 29.8. The third kappa shape index (κ3) is 2.13. The molecule has 0 amide bonds. The van der Waals surface area contributed by atoms with Gasteiger partial charge in [-0.2, -0.15) is 0 Å². The summed E-state index contributed by atoms with van der Waals surface area (Å²) in [5.74, 6) is 1.75. The average Bonchev–Trinajstić information content (AvgIpc) is 2.95. The van der Waals surface area contributed by atoms with Crippen molar-refractivity contribution in [2.45, 2.75) is 12.8 Å². The van der Waals surface area contributed by atoms with Gasteiger partial charge in [-0.25, -0.2) is 4.98 Å². The molecule has 1 atom stereocenters. The molecule has 1 aromatic heterocycles. The van der Waals surface area contributed by atoms with E-state index < -0.39 is 0 Å². The van der Waals surface area contributed by atoms with Crippen LogP contribution < -0.4 is 5.32 Å². The van der Waals surface area contributed by atoms with Gasteiger partial charge >= 0.3 is 0 Å². The zero-order valence-electron chi connectivity index (χ0n) is 11.0. The Kier molecular flexibility index (Phi) is 2.93. The number of fused-ring (bicyclic) bond motifs is 4. The van der Waals surface area contributed by atoms with Gasteiger partial charge in [0.05, 0.1) is 15.9 Å². The molecule has 3 aliphatic rings. The Morgan fingerprint density at radius 3 is 3.00 bits per heavy atom. The summed E-state index contributed by atoms with van der Waals surface area (Å²) < 4.78 is 1.28. The third-order valence-electron chi connectivity index (χ3n) is 4.71. The van der Waals surface area contributed by atoms with Gasteiger partial charge in [-0.05, 0) is 49.9 Å². The molecule has 0 aliphatic carbocycles. The lowest BCUT2D eigenvalue weighted by Crippen LogP contribution is -2.49. The third-order valence-corrected chi connectivity index (χ3v) is 5.50. The average molecular weight is 273 g/mol. The molecule has 2 bridgehead atoms. The summed E-state index contributed by atoms with van der Waals surface area (Å²) >= 11 is 1.72. The Morgan fingerprint density at radius 1 is 1.32 bits per heavy atom. The van der Waals surface area contributed by atoms with Crippen LogP contribution in [0.2, 0.25) is 0 Å². The fourth-order valence-electron chi connectivity index (χ4n) is 3.59. The van der Waals surface area contributed by atoms with Crippen LogP contribution >= 0.6 is 11.3 Å². The highest BCUT2D eigenvalue weighted by molar-refractivity contribution is 7.16. The molecule has 1 aromatic carbocycles.